The lowest BCUT2D eigenvalue weighted by molar-refractivity contribution is 0.0194. The van der Waals surface area contributed by atoms with Crippen LogP contribution in [-0.4, -0.2) is 57.7 Å². The van der Waals surface area contributed by atoms with Crippen LogP contribution in [-0.2, 0) is 14.6 Å². The molecule has 0 aromatic rings. The van der Waals surface area contributed by atoms with Crippen molar-refractivity contribution >= 4 is 39.8 Å². The first-order valence-electron chi connectivity index (χ1n) is 9.47. The average molecular weight is 485 g/mol. The molecule has 0 radical (unpaired) electrons. The molecule has 0 aromatic carbocycles. The summed E-state index contributed by atoms with van der Waals surface area (Å²) in [6.07, 6.45) is 9.44. The second-order valence-electron chi connectivity index (χ2n) is 7.45. The van der Waals surface area contributed by atoms with Gasteiger partial charge >= 0.3 is 0 Å². The minimum atomic E-state index is -2.83. The normalized spacial score (nSPS) is 30.0. The highest BCUT2D eigenvalue weighted by Gasteiger charge is 2.27. The molecule has 3 rings (SSSR count). The van der Waals surface area contributed by atoms with Gasteiger partial charge in [0.05, 0.1) is 17.6 Å². The van der Waals surface area contributed by atoms with Crippen molar-refractivity contribution in [3.05, 3.63) is 0 Å². The van der Waals surface area contributed by atoms with E-state index in [0.29, 0.717) is 24.1 Å². The largest absolute Gasteiger partial charge is 0.376 e. The zero-order valence-electron chi connectivity index (χ0n) is 14.9. The molecule has 2 aliphatic heterocycles. The fourth-order valence-corrected chi connectivity index (χ4v) is 5.68. The van der Waals surface area contributed by atoms with Crippen molar-refractivity contribution < 1.29 is 13.2 Å². The number of halogens is 1. The van der Waals surface area contributed by atoms with E-state index < -0.39 is 9.84 Å². The van der Waals surface area contributed by atoms with E-state index in [-0.39, 0.29) is 36.0 Å². The van der Waals surface area contributed by atoms with Crippen LogP contribution in [0, 0.1) is 5.92 Å². The summed E-state index contributed by atoms with van der Waals surface area (Å²) >= 11 is 0. The summed E-state index contributed by atoms with van der Waals surface area (Å²) in [5.74, 6) is 1.62. The molecule has 2 saturated heterocycles. The van der Waals surface area contributed by atoms with Crippen LogP contribution in [0.25, 0.3) is 0 Å². The number of nitrogens with one attached hydrogen (secondary N) is 2. The molecule has 1 saturated carbocycles. The summed E-state index contributed by atoms with van der Waals surface area (Å²) in [4.78, 5) is 4.69. The quantitative estimate of drug-likeness (QED) is 0.354. The summed E-state index contributed by atoms with van der Waals surface area (Å²) in [6.45, 7) is 2.23. The van der Waals surface area contributed by atoms with Gasteiger partial charge in [0.15, 0.2) is 15.8 Å². The number of hydrogen-bond acceptors (Lipinski definition) is 4. The topological polar surface area (TPSA) is 79.8 Å². The molecule has 146 valence electrons. The molecule has 3 fully saturated rings. The maximum absolute atomic E-state index is 11.6. The second kappa shape index (κ2) is 10.3. The van der Waals surface area contributed by atoms with Crippen LogP contribution in [0.5, 0.6) is 0 Å². The highest BCUT2D eigenvalue weighted by atomic mass is 127. The molecule has 2 N–H and O–H groups in total. The summed E-state index contributed by atoms with van der Waals surface area (Å²) in [5.41, 5.74) is 0. The Kier molecular flexibility index (Phi) is 8.74. The SMILES string of the molecule is I.O=S1(=O)CCC(CN=C(NCC2CCCCO2)NC2CCCC2)C1. The van der Waals surface area contributed by atoms with Crippen LogP contribution in [0.15, 0.2) is 4.99 Å². The van der Waals surface area contributed by atoms with Crippen LogP contribution >= 0.6 is 24.0 Å². The Morgan fingerprint density at radius 2 is 1.84 bits per heavy atom. The monoisotopic (exact) mass is 485 g/mol. The van der Waals surface area contributed by atoms with Crippen LogP contribution in [0.4, 0.5) is 0 Å². The van der Waals surface area contributed by atoms with E-state index in [9.17, 15) is 8.42 Å². The third-order valence-corrected chi connectivity index (χ3v) is 7.14. The number of guanidine groups is 1. The zero-order chi connectivity index (χ0) is 16.8. The minimum Gasteiger partial charge on any atom is -0.376 e. The predicted octanol–water partition coefficient (Wildman–Crippen LogP) is 2.09. The van der Waals surface area contributed by atoms with Gasteiger partial charge in [0.2, 0.25) is 0 Å². The molecular formula is C17H32IN3O3S. The van der Waals surface area contributed by atoms with Gasteiger partial charge in [-0.2, -0.15) is 0 Å². The number of hydrogen-bond donors (Lipinski definition) is 2. The van der Waals surface area contributed by atoms with Crippen LogP contribution in [0.3, 0.4) is 0 Å². The molecule has 8 heteroatoms. The average Bonchev–Trinajstić information content (AvgIpc) is 3.20. The molecule has 2 heterocycles. The van der Waals surface area contributed by atoms with E-state index in [4.69, 9.17) is 9.73 Å². The maximum Gasteiger partial charge on any atom is 0.191 e. The molecule has 2 atom stereocenters. The summed E-state index contributed by atoms with van der Waals surface area (Å²) < 4.78 is 29.0. The number of sulfone groups is 1. The van der Waals surface area contributed by atoms with Crippen LogP contribution in [0.2, 0.25) is 0 Å². The third-order valence-electron chi connectivity index (χ3n) is 5.30. The van der Waals surface area contributed by atoms with Crippen LogP contribution < -0.4 is 10.6 Å². The van der Waals surface area contributed by atoms with E-state index in [1.54, 1.807) is 0 Å². The number of rotatable bonds is 5. The Labute approximate surface area is 168 Å². The summed E-state index contributed by atoms with van der Waals surface area (Å²) in [5, 5.41) is 6.96. The van der Waals surface area contributed by atoms with Crippen molar-refractivity contribution in [2.24, 2.45) is 10.9 Å². The van der Waals surface area contributed by atoms with Crippen molar-refractivity contribution in [2.45, 2.75) is 63.5 Å². The molecule has 1 aliphatic carbocycles. The maximum atomic E-state index is 11.6. The highest BCUT2D eigenvalue weighted by molar-refractivity contribution is 14.0. The highest BCUT2D eigenvalue weighted by Crippen LogP contribution is 2.19. The van der Waals surface area contributed by atoms with E-state index in [0.717, 1.165) is 38.4 Å². The number of aliphatic imine (C=N–C) groups is 1. The van der Waals surface area contributed by atoms with Gasteiger partial charge in [-0.3, -0.25) is 4.99 Å². The molecule has 2 unspecified atom stereocenters. The lowest BCUT2D eigenvalue weighted by atomic mass is 10.1. The predicted molar refractivity (Wildman–Crippen MR) is 111 cm³/mol. The molecular weight excluding hydrogens is 453 g/mol. The number of nitrogens with zero attached hydrogens (tertiary/aromatic N) is 1. The Hall–Kier alpha value is -0.0900. The number of ether oxygens (including phenoxy) is 1. The standard InChI is InChI=1S/C17H31N3O3S.HI/c21-24(22)10-8-14(13-24)11-18-17(20-15-5-1-2-6-15)19-12-16-7-3-4-9-23-16;/h14-16H,1-13H2,(H2,18,19,20);1H. The molecule has 0 spiro atoms. The Morgan fingerprint density at radius 3 is 2.48 bits per heavy atom. The summed E-state index contributed by atoms with van der Waals surface area (Å²) in [7, 11) is -2.83. The van der Waals surface area contributed by atoms with Crippen molar-refractivity contribution in [2.75, 3.05) is 31.2 Å². The van der Waals surface area contributed by atoms with Gasteiger partial charge in [0.25, 0.3) is 0 Å². The second-order valence-corrected chi connectivity index (χ2v) is 9.68. The fraction of sp³-hybridized carbons (Fsp3) is 0.941. The van der Waals surface area contributed by atoms with Crippen molar-refractivity contribution in [1.29, 1.82) is 0 Å². The Bertz CT molecular complexity index is 529. The van der Waals surface area contributed by atoms with E-state index in [2.05, 4.69) is 10.6 Å². The molecule has 0 aromatic heterocycles. The van der Waals surface area contributed by atoms with E-state index >= 15 is 0 Å². The first-order valence-corrected chi connectivity index (χ1v) is 11.3. The molecule has 6 nitrogen and oxygen atoms in total. The lowest BCUT2D eigenvalue weighted by Gasteiger charge is -2.25. The van der Waals surface area contributed by atoms with Gasteiger partial charge < -0.3 is 15.4 Å². The first kappa shape index (κ1) is 21.2. The minimum absolute atomic E-state index is 0. The van der Waals surface area contributed by atoms with Crippen LogP contribution in [0.1, 0.15) is 51.4 Å². The van der Waals surface area contributed by atoms with Gasteiger partial charge in [-0.15, -0.1) is 24.0 Å². The van der Waals surface area contributed by atoms with Gasteiger partial charge in [0, 0.05) is 25.7 Å². The van der Waals surface area contributed by atoms with Gasteiger partial charge in [0.1, 0.15) is 0 Å². The van der Waals surface area contributed by atoms with E-state index in [1.807, 2.05) is 0 Å². The molecule has 3 aliphatic rings. The van der Waals surface area contributed by atoms with Crippen molar-refractivity contribution in [1.82, 2.24) is 10.6 Å². The van der Waals surface area contributed by atoms with Crippen molar-refractivity contribution in [3.63, 3.8) is 0 Å². The lowest BCUT2D eigenvalue weighted by Crippen LogP contribution is -2.46. The van der Waals surface area contributed by atoms with E-state index in [1.165, 1.54) is 32.1 Å². The molecule has 25 heavy (non-hydrogen) atoms. The molecule has 0 amide bonds. The Morgan fingerprint density at radius 1 is 1.08 bits per heavy atom. The summed E-state index contributed by atoms with van der Waals surface area (Å²) in [6, 6.07) is 0.496. The van der Waals surface area contributed by atoms with Gasteiger partial charge in [-0.05, 0) is 44.4 Å². The van der Waals surface area contributed by atoms with Gasteiger partial charge in [-0.1, -0.05) is 12.8 Å². The smallest absolute Gasteiger partial charge is 0.191 e. The van der Waals surface area contributed by atoms with Gasteiger partial charge in [-0.25, -0.2) is 8.42 Å². The molecule has 0 bridgehead atoms. The third kappa shape index (κ3) is 7.21. The fourth-order valence-electron chi connectivity index (χ4n) is 3.83. The Balaban J connectivity index is 0.00000225. The van der Waals surface area contributed by atoms with Crippen molar-refractivity contribution in [3.8, 4) is 0 Å². The zero-order valence-corrected chi connectivity index (χ0v) is 18.1. The first-order chi connectivity index (χ1) is 11.6.